The van der Waals surface area contributed by atoms with E-state index in [0.29, 0.717) is 24.7 Å². The van der Waals surface area contributed by atoms with Crippen LogP contribution >= 0.6 is 0 Å². The lowest BCUT2D eigenvalue weighted by Crippen LogP contribution is -2.50. The van der Waals surface area contributed by atoms with Gasteiger partial charge in [0.15, 0.2) is 0 Å². The van der Waals surface area contributed by atoms with E-state index in [0.717, 1.165) is 26.3 Å². The number of hydrogen-bond donors (Lipinski definition) is 0. The second kappa shape index (κ2) is 6.73. The van der Waals surface area contributed by atoms with E-state index in [-0.39, 0.29) is 0 Å². The Kier molecular flexibility index (Phi) is 4.73. The van der Waals surface area contributed by atoms with Gasteiger partial charge in [-0.25, -0.2) is 0 Å². The summed E-state index contributed by atoms with van der Waals surface area (Å²) in [5.41, 5.74) is 1.28. The normalized spacial score (nSPS) is 29.5. The van der Waals surface area contributed by atoms with Crippen molar-refractivity contribution in [3.05, 3.63) is 30.6 Å². The van der Waals surface area contributed by atoms with E-state index in [9.17, 15) is 0 Å². The molecule has 3 rings (SSSR count). The molecule has 1 aromatic rings. The average Bonchev–Trinajstić information content (AvgIpc) is 3.07. The third-order valence-electron chi connectivity index (χ3n) is 4.55. The molecule has 5 nitrogen and oxygen atoms in total. The molecule has 21 heavy (non-hydrogen) atoms. The minimum absolute atomic E-state index is 0.320. The molecule has 1 aliphatic carbocycles. The molecule has 2 aliphatic rings. The van der Waals surface area contributed by atoms with Gasteiger partial charge < -0.3 is 9.47 Å². The van der Waals surface area contributed by atoms with Gasteiger partial charge in [0, 0.05) is 43.9 Å². The highest BCUT2D eigenvalue weighted by molar-refractivity contribution is 5.05. The summed E-state index contributed by atoms with van der Waals surface area (Å²) in [5.74, 6) is 0.520. The van der Waals surface area contributed by atoms with Crippen LogP contribution in [0.3, 0.4) is 0 Å². The van der Waals surface area contributed by atoms with Gasteiger partial charge in [0.1, 0.15) is 0 Å². The van der Waals surface area contributed by atoms with Crippen LogP contribution in [0.4, 0.5) is 0 Å². The van der Waals surface area contributed by atoms with Gasteiger partial charge in [0.2, 0.25) is 0 Å². The minimum atomic E-state index is 0.320. The zero-order chi connectivity index (χ0) is 14.7. The smallest absolute Gasteiger partial charge is 0.0781 e. The average molecular weight is 291 g/mol. The van der Waals surface area contributed by atoms with Crippen LogP contribution in [0.25, 0.3) is 0 Å². The molecule has 116 valence electrons. The van der Waals surface area contributed by atoms with Gasteiger partial charge in [-0.05, 0) is 12.8 Å². The highest BCUT2D eigenvalue weighted by Crippen LogP contribution is 2.35. The summed E-state index contributed by atoms with van der Waals surface area (Å²) in [6, 6.07) is 0.524. The Hall–Kier alpha value is -1.17. The van der Waals surface area contributed by atoms with Crippen molar-refractivity contribution in [3.8, 4) is 0 Å². The predicted molar refractivity (Wildman–Crippen MR) is 80.9 cm³/mol. The first-order valence-corrected chi connectivity index (χ1v) is 7.79. The lowest BCUT2D eigenvalue weighted by Gasteiger charge is -2.39. The Morgan fingerprint density at radius 2 is 2.43 bits per heavy atom. The summed E-state index contributed by atoms with van der Waals surface area (Å²) < 4.78 is 13.6. The number of ether oxygens (including phenoxy) is 2. The third kappa shape index (κ3) is 3.36. The predicted octanol–water partition coefficient (Wildman–Crippen LogP) is 1.60. The van der Waals surface area contributed by atoms with Crippen molar-refractivity contribution < 1.29 is 9.47 Å². The van der Waals surface area contributed by atoms with E-state index >= 15 is 0 Å². The molecule has 1 aromatic heterocycles. The molecule has 0 aromatic carbocycles. The van der Waals surface area contributed by atoms with Crippen molar-refractivity contribution in [2.45, 2.75) is 31.5 Å². The molecule has 1 aliphatic heterocycles. The maximum absolute atomic E-state index is 6.05. The monoisotopic (exact) mass is 291 g/mol. The molecule has 0 bridgehead atoms. The zero-order valence-electron chi connectivity index (χ0n) is 12.8. The number of morpholine rings is 1. The Balaban J connectivity index is 1.59. The van der Waals surface area contributed by atoms with Crippen molar-refractivity contribution in [3.63, 3.8) is 0 Å². The minimum Gasteiger partial charge on any atom is -0.377 e. The summed E-state index contributed by atoms with van der Waals surface area (Å²) in [6.07, 6.45) is 8.58. The number of hydrogen-bond acceptors (Lipinski definition) is 4. The SMILES string of the molecule is C=CCOC[C@@H]1CC[C@@H]2[C@@H]1OCCN2Cc1cnn(C)c1. The van der Waals surface area contributed by atoms with Crippen LogP contribution in [0.5, 0.6) is 0 Å². The van der Waals surface area contributed by atoms with E-state index in [1.807, 2.05) is 24.0 Å². The van der Waals surface area contributed by atoms with Gasteiger partial charge in [0.05, 0.1) is 32.1 Å². The Morgan fingerprint density at radius 3 is 3.19 bits per heavy atom. The second-order valence-corrected chi connectivity index (χ2v) is 6.06. The van der Waals surface area contributed by atoms with Crippen molar-refractivity contribution in [1.82, 2.24) is 14.7 Å². The highest BCUT2D eigenvalue weighted by atomic mass is 16.5. The van der Waals surface area contributed by atoms with Crippen molar-refractivity contribution in [2.24, 2.45) is 13.0 Å². The number of aromatic nitrogens is 2. The Labute approximate surface area is 126 Å². The largest absolute Gasteiger partial charge is 0.377 e. The summed E-state index contributed by atoms with van der Waals surface area (Å²) in [7, 11) is 1.97. The molecule has 0 spiro atoms. The van der Waals surface area contributed by atoms with E-state index in [2.05, 4.69) is 22.8 Å². The van der Waals surface area contributed by atoms with Crippen LogP contribution in [0, 0.1) is 5.92 Å². The molecule has 0 unspecified atom stereocenters. The van der Waals surface area contributed by atoms with Crippen LogP contribution in [0.1, 0.15) is 18.4 Å². The Morgan fingerprint density at radius 1 is 1.52 bits per heavy atom. The summed E-state index contributed by atoms with van der Waals surface area (Å²) in [5, 5.41) is 4.26. The third-order valence-corrected chi connectivity index (χ3v) is 4.55. The van der Waals surface area contributed by atoms with Crippen LogP contribution < -0.4 is 0 Å². The quantitative estimate of drug-likeness (QED) is 0.589. The molecule has 2 fully saturated rings. The maximum atomic E-state index is 6.05. The molecule has 5 heteroatoms. The van der Waals surface area contributed by atoms with Gasteiger partial charge in [-0.15, -0.1) is 6.58 Å². The van der Waals surface area contributed by atoms with Crippen LogP contribution in [-0.2, 0) is 23.1 Å². The molecule has 0 amide bonds. The molecular formula is C16H25N3O2. The first-order chi connectivity index (χ1) is 10.3. The van der Waals surface area contributed by atoms with Crippen molar-refractivity contribution >= 4 is 0 Å². The molecule has 3 atom stereocenters. The van der Waals surface area contributed by atoms with Gasteiger partial charge in [-0.3, -0.25) is 9.58 Å². The lowest BCUT2D eigenvalue weighted by molar-refractivity contribution is -0.0869. The van der Waals surface area contributed by atoms with Gasteiger partial charge in [-0.2, -0.15) is 5.10 Å². The van der Waals surface area contributed by atoms with E-state index in [4.69, 9.17) is 9.47 Å². The lowest BCUT2D eigenvalue weighted by atomic mass is 10.0. The van der Waals surface area contributed by atoms with Crippen LogP contribution in [0.15, 0.2) is 25.0 Å². The fraction of sp³-hybridized carbons (Fsp3) is 0.688. The summed E-state index contributed by atoms with van der Waals surface area (Å²) >= 11 is 0. The number of rotatable bonds is 6. The topological polar surface area (TPSA) is 39.5 Å². The molecule has 2 heterocycles. The van der Waals surface area contributed by atoms with E-state index in [1.54, 1.807) is 0 Å². The molecule has 0 radical (unpaired) electrons. The number of nitrogens with zero attached hydrogens (tertiary/aromatic N) is 3. The first kappa shape index (κ1) is 14.8. The van der Waals surface area contributed by atoms with Crippen molar-refractivity contribution in [1.29, 1.82) is 0 Å². The zero-order valence-corrected chi connectivity index (χ0v) is 12.8. The summed E-state index contributed by atoms with van der Waals surface area (Å²) in [6.45, 7) is 7.91. The fourth-order valence-corrected chi connectivity index (χ4v) is 3.60. The van der Waals surface area contributed by atoms with Gasteiger partial charge in [0.25, 0.3) is 0 Å². The molecule has 0 N–H and O–H groups in total. The Bertz CT molecular complexity index is 474. The van der Waals surface area contributed by atoms with Gasteiger partial charge in [-0.1, -0.05) is 6.08 Å². The van der Waals surface area contributed by atoms with Crippen LogP contribution in [0.2, 0.25) is 0 Å². The number of aryl methyl sites for hydroxylation is 1. The second-order valence-electron chi connectivity index (χ2n) is 6.06. The number of fused-ring (bicyclic) bond motifs is 1. The maximum Gasteiger partial charge on any atom is 0.0781 e. The molecular weight excluding hydrogens is 266 g/mol. The first-order valence-electron chi connectivity index (χ1n) is 7.79. The van der Waals surface area contributed by atoms with E-state index in [1.165, 1.54) is 18.4 Å². The van der Waals surface area contributed by atoms with Crippen LogP contribution in [-0.4, -0.2) is 53.2 Å². The highest BCUT2D eigenvalue weighted by Gasteiger charge is 2.42. The molecule has 1 saturated carbocycles. The van der Waals surface area contributed by atoms with E-state index < -0.39 is 0 Å². The summed E-state index contributed by atoms with van der Waals surface area (Å²) in [4.78, 5) is 2.55. The standard InChI is InChI=1S/C16H25N3O2/c1-3-7-20-12-14-4-5-15-16(14)21-8-6-19(15)11-13-9-17-18(2)10-13/h3,9-10,14-16H,1,4-8,11-12H2,2H3/t14-,15+,16+/m0/s1. The fourth-order valence-electron chi connectivity index (χ4n) is 3.60. The molecule has 1 saturated heterocycles. The van der Waals surface area contributed by atoms with Crippen molar-refractivity contribution in [2.75, 3.05) is 26.4 Å². The van der Waals surface area contributed by atoms with Gasteiger partial charge >= 0.3 is 0 Å².